The van der Waals surface area contributed by atoms with Gasteiger partial charge < -0.3 is 15.5 Å². The summed E-state index contributed by atoms with van der Waals surface area (Å²) in [5.41, 5.74) is 6.20. The molecule has 0 aliphatic carbocycles. The van der Waals surface area contributed by atoms with Gasteiger partial charge in [0.05, 0.1) is 24.9 Å². The number of ether oxygens (including phenoxy) is 1. The van der Waals surface area contributed by atoms with Crippen molar-refractivity contribution in [3.63, 3.8) is 0 Å². The highest BCUT2D eigenvalue weighted by atomic mass is 35.5. The van der Waals surface area contributed by atoms with E-state index in [1.54, 1.807) is 49.6 Å². The highest BCUT2D eigenvalue weighted by molar-refractivity contribution is 6.35. The summed E-state index contributed by atoms with van der Waals surface area (Å²) >= 11 is 18.5. The highest BCUT2D eigenvalue weighted by Crippen LogP contribution is 2.33. The Morgan fingerprint density at radius 2 is 1.72 bits per heavy atom. The molecule has 0 spiro atoms. The fourth-order valence-corrected chi connectivity index (χ4v) is 4.21. The van der Waals surface area contributed by atoms with E-state index < -0.39 is 6.04 Å². The van der Waals surface area contributed by atoms with E-state index in [-0.39, 0.29) is 11.9 Å². The van der Waals surface area contributed by atoms with Crippen molar-refractivity contribution in [2.24, 2.45) is 5.10 Å². The molecule has 2 unspecified atom stereocenters. The van der Waals surface area contributed by atoms with Gasteiger partial charge in [0.15, 0.2) is 0 Å². The maximum absolute atomic E-state index is 13.0. The predicted octanol–water partition coefficient (Wildman–Crippen LogP) is 6.22. The molecule has 4 rings (SSSR count). The number of carbonyl (C=O) groups excluding carboxylic acids is 1. The Kier molecular flexibility index (Phi) is 6.89. The quantitative estimate of drug-likeness (QED) is 0.433. The summed E-state index contributed by atoms with van der Waals surface area (Å²) in [5, 5.41) is 9.14. The Bertz CT molecular complexity index is 1150. The Labute approximate surface area is 201 Å². The summed E-state index contributed by atoms with van der Waals surface area (Å²) in [7, 11) is 1.63. The van der Waals surface area contributed by atoms with Crippen LogP contribution in [0.2, 0.25) is 15.1 Å². The van der Waals surface area contributed by atoms with Gasteiger partial charge in [-0.3, -0.25) is 4.79 Å². The number of hydrogen-bond acceptors (Lipinski definition) is 4. The molecule has 1 heterocycles. The highest BCUT2D eigenvalue weighted by Gasteiger charge is 2.30. The van der Waals surface area contributed by atoms with E-state index >= 15 is 0 Å². The number of hydrogen-bond donors (Lipinski definition) is 2. The van der Waals surface area contributed by atoms with Crippen molar-refractivity contribution in [1.82, 2.24) is 10.7 Å². The Morgan fingerprint density at radius 1 is 1.03 bits per heavy atom. The summed E-state index contributed by atoms with van der Waals surface area (Å²) < 4.78 is 5.23. The lowest BCUT2D eigenvalue weighted by Crippen LogP contribution is -2.33. The number of nitrogens with one attached hydrogen (secondary N) is 2. The second-order valence-electron chi connectivity index (χ2n) is 7.34. The fourth-order valence-electron chi connectivity index (χ4n) is 3.56. The average molecular weight is 489 g/mol. The molecule has 3 aromatic carbocycles. The number of amides is 1. The van der Waals surface area contributed by atoms with Crippen LogP contribution in [0.15, 0.2) is 71.8 Å². The van der Waals surface area contributed by atoms with Crippen LogP contribution < -0.4 is 15.5 Å². The van der Waals surface area contributed by atoms with Crippen LogP contribution in [0.5, 0.6) is 5.75 Å². The minimum atomic E-state index is -0.529. The van der Waals surface area contributed by atoms with Crippen LogP contribution in [0.25, 0.3) is 0 Å². The normalized spacial score (nSPS) is 16.1. The van der Waals surface area contributed by atoms with Crippen LogP contribution in [-0.4, -0.2) is 18.7 Å². The number of methoxy groups -OCH3 is 1. The largest absolute Gasteiger partial charge is 0.497 e. The van der Waals surface area contributed by atoms with Crippen molar-refractivity contribution in [2.45, 2.75) is 18.5 Å². The van der Waals surface area contributed by atoms with Gasteiger partial charge in [0.1, 0.15) is 5.75 Å². The zero-order valence-corrected chi connectivity index (χ0v) is 19.4. The van der Waals surface area contributed by atoms with Crippen molar-refractivity contribution in [3.8, 4) is 5.75 Å². The molecule has 0 aromatic heterocycles. The standard InChI is InChI=1S/C24H20Cl3N3O2/c1-32-18-9-4-14(5-10-18)21-13-22(30-29-21)23(19-11-8-17(26)12-20(19)27)28-24(31)15-2-6-16(25)7-3-15/h2-12,21,23,29H,13H2,1H3,(H,28,31). The van der Waals surface area contributed by atoms with Crippen molar-refractivity contribution in [1.29, 1.82) is 0 Å². The number of nitrogens with zero attached hydrogens (tertiary/aromatic N) is 1. The smallest absolute Gasteiger partial charge is 0.252 e. The molecule has 0 fully saturated rings. The molecule has 2 atom stereocenters. The zero-order valence-electron chi connectivity index (χ0n) is 17.1. The molecule has 3 aromatic rings. The third-order valence-corrected chi connectivity index (χ3v) is 6.10. The molecule has 1 aliphatic heterocycles. The molecular formula is C24H20Cl3N3O2. The summed E-state index contributed by atoms with van der Waals surface area (Å²) in [6.45, 7) is 0. The molecule has 1 aliphatic rings. The Balaban J connectivity index is 1.60. The van der Waals surface area contributed by atoms with Crippen molar-refractivity contribution in [3.05, 3.63) is 98.5 Å². The minimum Gasteiger partial charge on any atom is -0.497 e. The van der Waals surface area contributed by atoms with Gasteiger partial charge in [-0.1, -0.05) is 53.0 Å². The number of halogens is 3. The molecule has 2 N–H and O–H groups in total. The minimum absolute atomic E-state index is 0.0306. The van der Waals surface area contributed by atoms with Crippen molar-refractivity contribution >= 4 is 46.4 Å². The van der Waals surface area contributed by atoms with E-state index in [0.717, 1.165) is 17.0 Å². The summed E-state index contributed by atoms with van der Waals surface area (Å²) in [5.74, 6) is 0.530. The zero-order chi connectivity index (χ0) is 22.7. The lowest BCUT2D eigenvalue weighted by atomic mass is 9.95. The van der Waals surface area contributed by atoms with E-state index in [0.29, 0.717) is 32.6 Å². The number of benzene rings is 3. The molecule has 0 radical (unpaired) electrons. The van der Waals surface area contributed by atoms with Crippen LogP contribution in [-0.2, 0) is 0 Å². The monoisotopic (exact) mass is 487 g/mol. The summed E-state index contributed by atoms with van der Waals surface area (Å²) in [6, 6.07) is 19.1. The van der Waals surface area contributed by atoms with Gasteiger partial charge in [-0.05, 0) is 59.7 Å². The van der Waals surface area contributed by atoms with Crippen LogP contribution in [0.4, 0.5) is 0 Å². The van der Waals surface area contributed by atoms with E-state index in [1.807, 2.05) is 24.3 Å². The first-order valence-corrected chi connectivity index (χ1v) is 11.1. The molecule has 164 valence electrons. The third kappa shape index (κ3) is 5.01. The first-order chi connectivity index (χ1) is 15.4. The number of hydrazone groups is 1. The Hall–Kier alpha value is -2.73. The van der Waals surface area contributed by atoms with Gasteiger partial charge in [-0.25, -0.2) is 0 Å². The lowest BCUT2D eigenvalue weighted by molar-refractivity contribution is 0.0946. The van der Waals surface area contributed by atoms with Gasteiger partial charge in [0.25, 0.3) is 5.91 Å². The van der Waals surface area contributed by atoms with Crippen LogP contribution in [0.3, 0.4) is 0 Å². The summed E-state index contributed by atoms with van der Waals surface area (Å²) in [4.78, 5) is 13.0. The van der Waals surface area contributed by atoms with E-state index in [2.05, 4.69) is 15.8 Å². The van der Waals surface area contributed by atoms with Crippen LogP contribution in [0.1, 0.15) is 40.0 Å². The van der Waals surface area contributed by atoms with Crippen molar-refractivity contribution in [2.75, 3.05) is 7.11 Å². The maximum Gasteiger partial charge on any atom is 0.252 e. The molecular weight excluding hydrogens is 469 g/mol. The second-order valence-corrected chi connectivity index (χ2v) is 8.62. The third-order valence-electron chi connectivity index (χ3n) is 5.28. The van der Waals surface area contributed by atoms with E-state index in [9.17, 15) is 4.79 Å². The van der Waals surface area contributed by atoms with Gasteiger partial charge >= 0.3 is 0 Å². The molecule has 8 heteroatoms. The van der Waals surface area contributed by atoms with E-state index in [1.165, 1.54) is 0 Å². The van der Waals surface area contributed by atoms with E-state index in [4.69, 9.17) is 39.5 Å². The Morgan fingerprint density at radius 3 is 2.38 bits per heavy atom. The molecule has 32 heavy (non-hydrogen) atoms. The summed E-state index contributed by atoms with van der Waals surface area (Å²) in [6.07, 6.45) is 0.594. The molecule has 0 bridgehead atoms. The molecule has 0 saturated heterocycles. The second kappa shape index (κ2) is 9.82. The van der Waals surface area contributed by atoms with Gasteiger partial charge in [0, 0.05) is 27.1 Å². The first kappa shape index (κ1) is 22.5. The molecule has 5 nitrogen and oxygen atoms in total. The van der Waals surface area contributed by atoms with Crippen LogP contribution >= 0.6 is 34.8 Å². The first-order valence-electron chi connectivity index (χ1n) is 9.92. The SMILES string of the molecule is COc1ccc(C2CC(C(NC(=O)c3ccc(Cl)cc3)c3ccc(Cl)cc3Cl)=NN2)cc1. The number of carbonyl (C=O) groups is 1. The lowest BCUT2D eigenvalue weighted by Gasteiger charge is -2.21. The van der Waals surface area contributed by atoms with Crippen molar-refractivity contribution < 1.29 is 9.53 Å². The van der Waals surface area contributed by atoms with Crippen LogP contribution in [0, 0.1) is 0 Å². The topological polar surface area (TPSA) is 62.7 Å². The number of rotatable bonds is 6. The molecule has 0 saturated carbocycles. The average Bonchev–Trinajstić information content (AvgIpc) is 3.28. The van der Waals surface area contributed by atoms with Gasteiger partial charge in [-0.15, -0.1) is 0 Å². The molecule has 1 amide bonds. The van der Waals surface area contributed by atoms with Gasteiger partial charge in [-0.2, -0.15) is 5.10 Å². The predicted molar refractivity (Wildman–Crippen MR) is 129 cm³/mol. The maximum atomic E-state index is 13.0. The van der Waals surface area contributed by atoms with Gasteiger partial charge in [0.2, 0.25) is 0 Å². The fraction of sp³-hybridized carbons (Fsp3) is 0.167.